The number of piperazine rings is 1. The Morgan fingerprint density at radius 2 is 1.96 bits per heavy atom. The van der Waals surface area contributed by atoms with E-state index in [4.69, 9.17) is 9.73 Å². The Kier molecular flexibility index (Phi) is 9.60. The van der Waals surface area contributed by atoms with Crippen molar-refractivity contribution in [2.75, 3.05) is 59.0 Å². The van der Waals surface area contributed by atoms with Crippen LogP contribution >= 0.6 is 24.0 Å². The molecule has 0 aliphatic carbocycles. The maximum absolute atomic E-state index is 12.7. The topological polar surface area (TPSA) is 60.4 Å². The minimum absolute atomic E-state index is 0. The zero-order chi connectivity index (χ0) is 18.4. The molecule has 0 spiro atoms. The molecule has 2 aliphatic heterocycles. The first kappa shape index (κ1) is 23.4. The lowest BCUT2D eigenvalue weighted by Crippen LogP contribution is -2.66. The molecule has 0 aromatic heterocycles. The Bertz CT molecular complexity index is 478. The van der Waals surface area contributed by atoms with Gasteiger partial charge in [0.1, 0.15) is 0 Å². The van der Waals surface area contributed by atoms with E-state index in [1.165, 1.54) is 0 Å². The molecule has 0 radical (unpaired) electrons. The van der Waals surface area contributed by atoms with Crippen molar-refractivity contribution in [2.45, 2.75) is 46.2 Å². The highest BCUT2D eigenvalue weighted by Crippen LogP contribution is 2.24. The van der Waals surface area contributed by atoms with Crippen molar-refractivity contribution >= 4 is 35.8 Å². The average molecular weight is 481 g/mol. The number of hydrogen-bond donors (Lipinski definition) is 1. The quantitative estimate of drug-likeness (QED) is 0.364. The fourth-order valence-electron chi connectivity index (χ4n) is 3.86. The van der Waals surface area contributed by atoms with Crippen LogP contribution in [0.1, 0.15) is 34.6 Å². The standard InChI is InChI=1S/C18H35N5O2.HI/c1-6-19-17(20-7-8-21-9-11-25-12-10-21)22-13-16(24)23(15(2)3)18(4,5)14-22;/h15H,6-14H2,1-5H3,(H,19,20);1H. The van der Waals surface area contributed by atoms with Crippen LogP contribution in [0.5, 0.6) is 0 Å². The number of rotatable bonds is 5. The molecule has 1 N–H and O–H groups in total. The Balaban J connectivity index is 0.00000338. The molecule has 2 heterocycles. The minimum atomic E-state index is -0.204. The largest absolute Gasteiger partial charge is 0.379 e. The van der Waals surface area contributed by atoms with E-state index in [2.05, 4.69) is 49.7 Å². The number of hydrogen-bond acceptors (Lipinski definition) is 4. The van der Waals surface area contributed by atoms with Gasteiger partial charge in [0.15, 0.2) is 5.96 Å². The molecule has 0 saturated carbocycles. The maximum Gasteiger partial charge on any atom is 0.242 e. The molecule has 0 unspecified atom stereocenters. The first-order chi connectivity index (χ1) is 11.8. The first-order valence-corrected chi connectivity index (χ1v) is 9.50. The lowest BCUT2D eigenvalue weighted by atomic mass is 9.96. The first-order valence-electron chi connectivity index (χ1n) is 9.50. The van der Waals surface area contributed by atoms with Gasteiger partial charge in [0, 0.05) is 38.8 Å². The Hall–Kier alpha value is -0.610. The van der Waals surface area contributed by atoms with Gasteiger partial charge in [-0.3, -0.25) is 14.7 Å². The van der Waals surface area contributed by atoms with Crippen molar-refractivity contribution in [3.8, 4) is 0 Å². The number of guanidine groups is 1. The Morgan fingerprint density at radius 3 is 2.50 bits per heavy atom. The Labute approximate surface area is 175 Å². The summed E-state index contributed by atoms with van der Waals surface area (Å²) < 4.78 is 5.38. The maximum atomic E-state index is 12.7. The number of halogens is 1. The fourth-order valence-corrected chi connectivity index (χ4v) is 3.86. The molecule has 0 aromatic carbocycles. The molecular formula is C18H36IN5O2. The van der Waals surface area contributed by atoms with Crippen LogP contribution in [0.15, 0.2) is 4.99 Å². The summed E-state index contributed by atoms with van der Waals surface area (Å²) in [7, 11) is 0. The van der Waals surface area contributed by atoms with E-state index in [-0.39, 0.29) is 41.5 Å². The van der Waals surface area contributed by atoms with Crippen LogP contribution in [0, 0.1) is 0 Å². The van der Waals surface area contributed by atoms with Gasteiger partial charge in [-0.15, -0.1) is 24.0 Å². The van der Waals surface area contributed by atoms with E-state index in [1.54, 1.807) is 0 Å². The minimum Gasteiger partial charge on any atom is -0.379 e. The van der Waals surface area contributed by atoms with Gasteiger partial charge in [-0.05, 0) is 34.6 Å². The van der Waals surface area contributed by atoms with Gasteiger partial charge in [-0.2, -0.15) is 0 Å². The van der Waals surface area contributed by atoms with E-state index in [1.807, 2.05) is 4.90 Å². The summed E-state index contributed by atoms with van der Waals surface area (Å²) in [5.74, 6) is 1.02. The molecule has 152 valence electrons. The molecule has 7 nitrogen and oxygen atoms in total. The van der Waals surface area contributed by atoms with Crippen molar-refractivity contribution in [3.63, 3.8) is 0 Å². The second-order valence-corrected chi connectivity index (χ2v) is 7.72. The summed E-state index contributed by atoms with van der Waals surface area (Å²) in [5.41, 5.74) is -0.204. The summed E-state index contributed by atoms with van der Waals surface area (Å²) >= 11 is 0. The number of carbonyl (C=O) groups is 1. The molecule has 26 heavy (non-hydrogen) atoms. The van der Waals surface area contributed by atoms with Crippen LogP contribution in [-0.4, -0.2) is 97.2 Å². The van der Waals surface area contributed by atoms with Gasteiger partial charge in [-0.25, -0.2) is 0 Å². The third-order valence-corrected chi connectivity index (χ3v) is 4.76. The normalized spacial score (nSPS) is 21.8. The van der Waals surface area contributed by atoms with Gasteiger partial charge in [0.05, 0.1) is 31.8 Å². The van der Waals surface area contributed by atoms with Crippen LogP contribution in [0.25, 0.3) is 0 Å². The van der Waals surface area contributed by atoms with Gasteiger partial charge < -0.3 is 19.9 Å². The lowest BCUT2D eigenvalue weighted by molar-refractivity contribution is -0.145. The Morgan fingerprint density at radius 1 is 1.31 bits per heavy atom. The number of morpholine rings is 1. The fraction of sp³-hybridized carbons (Fsp3) is 0.889. The number of ether oxygens (including phenoxy) is 1. The monoisotopic (exact) mass is 481 g/mol. The zero-order valence-electron chi connectivity index (χ0n) is 17.0. The van der Waals surface area contributed by atoms with Crippen molar-refractivity contribution in [1.82, 2.24) is 20.0 Å². The SMILES string of the molecule is CCNC(=NCCN1CCOCC1)N1CC(=O)N(C(C)C)C(C)(C)C1.I. The number of nitrogens with zero attached hydrogens (tertiary/aromatic N) is 4. The van der Waals surface area contributed by atoms with Gasteiger partial charge >= 0.3 is 0 Å². The average Bonchev–Trinajstić information content (AvgIpc) is 2.53. The van der Waals surface area contributed by atoms with Gasteiger partial charge in [0.25, 0.3) is 0 Å². The van der Waals surface area contributed by atoms with E-state index >= 15 is 0 Å². The third kappa shape index (κ3) is 6.23. The predicted octanol–water partition coefficient (Wildman–Crippen LogP) is 1.23. The summed E-state index contributed by atoms with van der Waals surface area (Å²) in [5, 5.41) is 3.35. The van der Waals surface area contributed by atoms with Crippen molar-refractivity contribution < 1.29 is 9.53 Å². The van der Waals surface area contributed by atoms with Crippen LogP contribution in [0.4, 0.5) is 0 Å². The summed E-state index contributed by atoms with van der Waals surface area (Å²) in [4.78, 5) is 23.9. The summed E-state index contributed by atoms with van der Waals surface area (Å²) in [6.07, 6.45) is 0. The van der Waals surface area contributed by atoms with Crippen LogP contribution < -0.4 is 5.32 Å². The van der Waals surface area contributed by atoms with Crippen molar-refractivity contribution in [3.05, 3.63) is 0 Å². The number of amides is 1. The van der Waals surface area contributed by atoms with E-state index in [9.17, 15) is 4.79 Å². The van der Waals surface area contributed by atoms with E-state index in [0.717, 1.165) is 58.4 Å². The van der Waals surface area contributed by atoms with Gasteiger partial charge in [0.2, 0.25) is 5.91 Å². The van der Waals surface area contributed by atoms with Crippen molar-refractivity contribution in [2.24, 2.45) is 4.99 Å². The molecule has 1 amide bonds. The van der Waals surface area contributed by atoms with Crippen LogP contribution in [-0.2, 0) is 9.53 Å². The molecule has 2 saturated heterocycles. The van der Waals surface area contributed by atoms with E-state index < -0.39 is 0 Å². The molecule has 2 aliphatic rings. The highest BCUT2D eigenvalue weighted by Gasteiger charge is 2.40. The van der Waals surface area contributed by atoms with Crippen LogP contribution in [0.3, 0.4) is 0 Å². The van der Waals surface area contributed by atoms with E-state index in [0.29, 0.717) is 6.54 Å². The smallest absolute Gasteiger partial charge is 0.242 e. The molecular weight excluding hydrogens is 445 g/mol. The molecule has 0 bridgehead atoms. The summed E-state index contributed by atoms with van der Waals surface area (Å²) in [6, 6.07) is 0.213. The molecule has 0 atom stereocenters. The second kappa shape index (κ2) is 10.7. The molecule has 8 heteroatoms. The number of aliphatic imine (C=N–C) groups is 1. The number of nitrogens with one attached hydrogen (secondary N) is 1. The van der Waals surface area contributed by atoms with Crippen LogP contribution in [0.2, 0.25) is 0 Å². The predicted molar refractivity (Wildman–Crippen MR) is 116 cm³/mol. The molecule has 2 rings (SSSR count). The highest BCUT2D eigenvalue weighted by molar-refractivity contribution is 14.0. The van der Waals surface area contributed by atoms with Gasteiger partial charge in [-0.1, -0.05) is 0 Å². The molecule has 0 aromatic rings. The lowest BCUT2D eigenvalue weighted by Gasteiger charge is -2.49. The number of carbonyl (C=O) groups excluding carboxylic acids is 1. The third-order valence-electron chi connectivity index (χ3n) is 4.76. The zero-order valence-corrected chi connectivity index (χ0v) is 19.3. The van der Waals surface area contributed by atoms with Crippen molar-refractivity contribution in [1.29, 1.82) is 0 Å². The summed E-state index contributed by atoms with van der Waals surface area (Å²) in [6.45, 7) is 17.7. The molecule has 2 fully saturated rings. The highest BCUT2D eigenvalue weighted by atomic mass is 127. The second-order valence-electron chi connectivity index (χ2n) is 7.72.